The molecule has 1 aromatic rings. The quantitative estimate of drug-likeness (QED) is 0.812. The number of ether oxygens (including phenoxy) is 2. The van der Waals surface area contributed by atoms with Gasteiger partial charge in [0.1, 0.15) is 13.2 Å². The smallest absolute Gasteiger partial charge is 0.328 e. The van der Waals surface area contributed by atoms with Crippen molar-refractivity contribution in [3.05, 3.63) is 35.4 Å². The summed E-state index contributed by atoms with van der Waals surface area (Å²) in [6.07, 6.45) is 4.81. The second-order valence-corrected chi connectivity index (χ2v) is 3.94. The van der Waals surface area contributed by atoms with Gasteiger partial charge in [0.15, 0.2) is 11.5 Å². The van der Waals surface area contributed by atoms with Gasteiger partial charge in [-0.05, 0) is 12.2 Å². The highest BCUT2D eigenvalue weighted by molar-refractivity contribution is 5.88. The van der Waals surface area contributed by atoms with Gasteiger partial charge in [-0.1, -0.05) is 12.1 Å². The normalized spacial score (nSPS) is 13.8. The van der Waals surface area contributed by atoms with E-state index >= 15 is 0 Å². The molecule has 0 aromatic heterocycles. The van der Waals surface area contributed by atoms with Crippen LogP contribution in [0.1, 0.15) is 11.1 Å². The van der Waals surface area contributed by atoms with E-state index in [4.69, 9.17) is 19.7 Å². The lowest BCUT2D eigenvalue weighted by Gasteiger charge is -2.21. The molecule has 1 heterocycles. The highest BCUT2D eigenvalue weighted by atomic mass is 16.6. The van der Waals surface area contributed by atoms with Gasteiger partial charge in [-0.2, -0.15) is 0 Å². The Kier molecular flexibility index (Phi) is 4.05. The summed E-state index contributed by atoms with van der Waals surface area (Å²) in [6.45, 7) is 0.708. The van der Waals surface area contributed by atoms with Crippen molar-refractivity contribution < 1.29 is 29.3 Å². The van der Waals surface area contributed by atoms with E-state index in [1.54, 1.807) is 12.1 Å². The van der Waals surface area contributed by atoms with Crippen LogP contribution >= 0.6 is 0 Å². The minimum Gasteiger partial charge on any atom is -0.485 e. The molecule has 0 unspecified atom stereocenters. The molecule has 6 heteroatoms. The predicted octanol–water partition coefficient (Wildman–Crippen LogP) is 1.65. The van der Waals surface area contributed by atoms with Crippen molar-refractivity contribution in [2.24, 2.45) is 0 Å². The van der Waals surface area contributed by atoms with E-state index in [0.29, 0.717) is 35.8 Å². The van der Waals surface area contributed by atoms with Crippen molar-refractivity contribution >= 4 is 24.1 Å². The molecule has 0 fully saturated rings. The van der Waals surface area contributed by atoms with Crippen LogP contribution in [0.15, 0.2) is 24.3 Å². The summed E-state index contributed by atoms with van der Waals surface area (Å²) in [5, 5.41) is 17.3. The van der Waals surface area contributed by atoms with E-state index in [-0.39, 0.29) is 0 Å². The number of benzene rings is 1. The fourth-order valence-corrected chi connectivity index (χ4v) is 1.76. The van der Waals surface area contributed by atoms with Crippen LogP contribution in [0.4, 0.5) is 0 Å². The Morgan fingerprint density at radius 3 is 1.65 bits per heavy atom. The maximum atomic E-state index is 10.5. The number of rotatable bonds is 4. The highest BCUT2D eigenvalue weighted by Gasteiger charge is 2.18. The third-order valence-corrected chi connectivity index (χ3v) is 2.56. The number of carbonyl (C=O) groups is 2. The van der Waals surface area contributed by atoms with Gasteiger partial charge in [0.25, 0.3) is 0 Å². The van der Waals surface area contributed by atoms with E-state index < -0.39 is 11.9 Å². The summed E-state index contributed by atoms with van der Waals surface area (Å²) < 4.78 is 11.0. The average Bonchev–Trinajstić information content (AvgIpc) is 2.43. The second-order valence-electron chi connectivity index (χ2n) is 3.94. The van der Waals surface area contributed by atoms with Gasteiger partial charge >= 0.3 is 11.9 Å². The largest absolute Gasteiger partial charge is 0.485 e. The monoisotopic (exact) mass is 276 g/mol. The molecule has 0 radical (unpaired) electrons. The lowest BCUT2D eigenvalue weighted by molar-refractivity contribution is -0.132. The molecular weight excluding hydrogens is 264 g/mol. The number of hydrogen-bond acceptors (Lipinski definition) is 4. The maximum Gasteiger partial charge on any atom is 0.328 e. The molecule has 1 aliphatic heterocycles. The fraction of sp³-hybridized carbons (Fsp3) is 0.143. The molecule has 1 aromatic carbocycles. The van der Waals surface area contributed by atoms with E-state index in [2.05, 4.69) is 0 Å². The van der Waals surface area contributed by atoms with Gasteiger partial charge in [-0.15, -0.1) is 0 Å². The molecule has 20 heavy (non-hydrogen) atoms. The van der Waals surface area contributed by atoms with Gasteiger partial charge < -0.3 is 19.7 Å². The minimum absolute atomic E-state index is 0.354. The lowest BCUT2D eigenvalue weighted by Crippen LogP contribution is -2.17. The van der Waals surface area contributed by atoms with Crippen molar-refractivity contribution in [1.29, 1.82) is 0 Å². The van der Waals surface area contributed by atoms with E-state index in [0.717, 1.165) is 12.2 Å². The predicted molar refractivity (Wildman–Crippen MR) is 70.8 cm³/mol. The zero-order valence-electron chi connectivity index (χ0n) is 10.4. The molecule has 104 valence electrons. The molecule has 0 spiro atoms. The molecule has 2 N–H and O–H groups in total. The molecule has 0 atom stereocenters. The minimum atomic E-state index is -1.06. The van der Waals surface area contributed by atoms with E-state index in [1.165, 1.54) is 12.2 Å². The Morgan fingerprint density at radius 1 is 0.900 bits per heavy atom. The first-order valence-electron chi connectivity index (χ1n) is 5.82. The van der Waals surface area contributed by atoms with Crippen LogP contribution in [-0.4, -0.2) is 35.4 Å². The maximum absolute atomic E-state index is 10.5. The second kappa shape index (κ2) is 5.92. The van der Waals surface area contributed by atoms with Gasteiger partial charge in [0, 0.05) is 23.3 Å². The van der Waals surface area contributed by atoms with Gasteiger partial charge in [-0.3, -0.25) is 0 Å². The molecule has 0 bridgehead atoms. The zero-order valence-corrected chi connectivity index (χ0v) is 10.4. The van der Waals surface area contributed by atoms with Crippen molar-refractivity contribution in [1.82, 2.24) is 0 Å². The zero-order chi connectivity index (χ0) is 14.5. The van der Waals surface area contributed by atoms with E-state index in [1.807, 2.05) is 0 Å². The topological polar surface area (TPSA) is 93.1 Å². The van der Waals surface area contributed by atoms with E-state index in [9.17, 15) is 9.59 Å². The van der Waals surface area contributed by atoms with Crippen LogP contribution in [0.3, 0.4) is 0 Å². The Morgan fingerprint density at radius 2 is 1.30 bits per heavy atom. The molecular formula is C14H12O6. The average molecular weight is 276 g/mol. The molecule has 0 amide bonds. The van der Waals surface area contributed by atoms with Crippen molar-refractivity contribution in [2.45, 2.75) is 0 Å². The Bertz CT molecular complexity index is 547. The first kappa shape index (κ1) is 13.7. The number of aliphatic carboxylic acids is 2. The standard InChI is InChI=1S/C14H12O6/c15-11(16)5-3-9-1-2-10(4-6-12(17)18)14-13(9)19-7-8-20-14/h1-6H,7-8H2,(H,15,16)(H,17,18)/b5-3+,6-4+. The number of hydrogen-bond donors (Lipinski definition) is 2. The summed E-state index contributed by atoms with van der Waals surface area (Å²) in [7, 11) is 0. The van der Waals surface area contributed by atoms with Crippen LogP contribution in [0.25, 0.3) is 12.2 Å². The third kappa shape index (κ3) is 3.17. The summed E-state index contributed by atoms with van der Waals surface area (Å²) in [4.78, 5) is 21.1. The molecule has 6 nitrogen and oxygen atoms in total. The summed E-state index contributed by atoms with van der Waals surface area (Å²) in [5.74, 6) is -1.29. The van der Waals surface area contributed by atoms with Crippen LogP contribution < -0.4 is 9.47 Å². The first-order valence-corrected chi connectivity index (χ1v) is 5.82. The van der Waals surface area contributed by atoms with Crippen molar-refractivity contribution in [3.63, 3.8) is 0 Å². The summed E-state index contributed by atoms with van der Waals surface area (Å²) in [6, 6.07) is 3.29. The summed E-state index contributed by atoms with van der Waals surface area (Å²) in [5.41, 5.74) is 1.13. The Hall–Kier alpha value is -2.76. The summed E-state index contributed by atoms with van der Waals surface area (Å²) >= 11 is 0. The van der Waals surface area contributed by atoms with Crippen LogP contribution in [0, 0.1) is 0 Å². The lowest BCUT2D eigenvalue weighted by atomic mass is 10.1. The molecule has 0 saturated carbocycles. The molecule has 0 aliphatic carbocycles. The highest BCUT2D eigenvalue weighted by Crippen LogP contribution is 2.38. The van der Waals surface area contributed by atoms with Gasteiger partial charge in [0.05, 0.1) is 0 Å². The fourth-order valence-electron chi connectivity index (χ4n) is 1.76. The van der Waals surface area contributed by atoms with Gasteiger partial charge in [-0.25, -0.2) is 9.59 Å². The number of carboxylic acid groups (broad SMARTS) is 2. The number of carboxylic acids is 2. The Labute approximate surface area is 114 Å². The first-order chi connectivity index (χ1) is 9.58. The van der Waals surface area contributed by atoms with Crippen molar-refractivity contribution in [2.75, 3.05) is 13.2 Å². The molecule has 2 rings (SSSR count). The SMILES string of the molecule is O=C(O)/C=C/c1ccc(/C=C/C(=O)O)c2c1OCCO2. The van der Waals surface area contributed by atoms with Crippen molar-refractivity contribution in [3.8, 4) is 11.5 Å². The van der Waals surface area contributed by atoms with Crippen LogP contribution in [0.2, 0.25) is 0 Å². The van der Waals surface area contributed by atoms with Gasteiger partial charge in [0.2, 0.25) is 0 Å². The third-order valence-electron chi connectivity index (χ3n) is 2.56. The molecule has 0 saturated heterocycles. The van der Waals surface area contributed by atoms with Crippen LogP contribution in [0.5, 0.6) is 11.5 Å². The molecule has 1 aliphatic rings. The number of fused-ring (bicyclic) bond motifs is 1. The Balaban J connectivity index is 2.43. The van der Waals surface area contributed by atoms with Crippen LogP contribution in [-0.2, 0) is 9.59 Å².